The van der Waals surface area contributed by atoms with E-state index in [2.05, 4.69) is 20.4 Å². The lowest BCUT2D eigenvalue weighted by molar-refractivity contribution is 0.0881. The number of carbonyl (C=O) groups is 1. The van der Waals surface area contributed by atoms with Gasteiger partial charge in [0, 0.05) is 5.56 Å². The fourth-order valence-electron chi connectivity index (χ4n) is 1.71. The Kier molecular flexibility index (Phi) is 2.92. The van der Waals surface area contributed by atoms with Gasteiger partial charge in [0.05, 0.1) is 0 Å². The van der Waals surface area contributed by atoms with Crippen LogP contribution in [-0.2, 0) is 10.0 Å². The van der Waals surface area contributed by atoms with E-state index in [9.17, 15) is 13.2 Å². The first-order valence-corrected chi connectivity index (χ1v) is 7.07. The number of fused-ring (bicyclic) bond motifs is 1. The minimum atomic E-state index is -3.91. The molecule has 1 amide bonds. The van der Waals surface area contributed by atoms with Crippen LogP contribution in [0.3, 0.4) is 0 Å². The van der Waals surface area contributed by atoms with E-state index in [1.54, 1.807) is 30.3 Å². The van der Waals surface area contributed by atoms with Crippen LogP contribution >= 0.6 is 0 Å². The zero-order valence-corrected chi connectivity index (χ0v) is 10.9. The number of aliphatic imine (C=N–C) groups is 3. The van der Waals surface area contributed by atoms with Crippen molar-refractivity contribution < 1.29 is 13.2 Å². The van der Waals surface area contributed by atoms with Crippen molar-refractivity contribution in [3.8, 4) is 0 Å². The number of benzene rings is 1. The Labute approximate surface area is 114 Å². The maximum Gasteiger partial charge on any atom is 0.283 e. The number of hydrazine groups is 1. The SMILES string of the molecule is O=C(NN1CN=C2N=CN=C2S1(=O)=O)c1ccccc1. The van der Waals surface area contributed by atoms with Crippen molar-refractivity contribution in [3.63, 3.8) is 0 Å². The molecule has 3 rings (SSSR count). The van der Waals surface area contributed by atoms with Crippen LogP contribution in [0.4, 0.5) is 0 Å². The van der Waals surface area contributed by atoms with Gasteiger partial charge in [-0.3, -0.25) is 10.2 Å². The third-order valence-corrected chi connectivity index (χ3v) is 4.26. The van der Waals surface area contributed by atoms with E-state index in [0.717, 1.165) is 10.8 Å². The van der Waals surface area contributed by atoms with Gasteiger partial charge < -0.3 is 0 Å². The number of nitrogens with one attached hydrogen (secondary N) is 1. The molecule has 9 heteroatoms. The van der Waals surface area contributed by atoms with Crippen LogP contribution in [0.1, 0.15) is 10.4 Å². The van der Waals surface area contributed by atoms with Gasteiger partial charge >= 0.3 is 0 Å². The van der Waals surface area contributed by atoms with E-state index in [1.807, 2.05) is 0 Å². The Bertz CT molecular complexity index is 752. The number of amidine groups is 1. The molecule has 2 aliphatic rings. The highest BCUT2D eigenvalue weighted by atomic mass is 32.2. The lowest BCUT2D eigenvalue weighted by Crippen LogP contribution is -2.52. The zero-order chi connectivity index (χ0) is 14.2. The van der Waals surface area contributed by atoms with Crippen molar-refractivity contribution in [2.45, 2.75) is 0 Å². The van der Waals surface area contributed by atoms with Gasteiger partial charge in [0.1, 0.15) is 13.0 Å². The molecule has 2 heterocycles. The lowest BCUT2D eigenvalue weighted by Gasteiger charge is -2.23. The standard InChI is InChI=1S/C11H9N5O3S/c17-10(8-4-2-1-3-5-8)15-16-7-14-9-11(13-6-12-9)20(16,18)19/h1-6H,7H2,(H,15,17). The molecule has 0 saturated heterocycles. The van der Waals surface area contributed by atoms with Crippen molar-refractivity contribution in [2.75, 3.05) is 6.67 Å². The highest BCUT2D eigenvalue weighted by molar-refractivity contribution is 8.06. The van der Waals surface area contributed by atoms with Crippen LogP contribution in [0, 0.1) is 0 Å². The summed E-state index contributed by atoms with van der Waals surface area (Å²) in [4.78, 5) is 23.3. The van der Waals surface area contributed by atoms with Crippen molar-refractivity contribution in [1.29, 1.82) is 0 Å². The Morgan fingerprint density at radius 2 is 2.00 bits per heavy atom. The van der Waals surface area contributed by atoms with Crippen LogP contribution in [0.15, 0.2) is 45.3 Å². The number of sulfonamides is 1. The monoisotopic (exact) mass is 291 g/mol. The zero-order valence-electron chi connectivity index (χ0n) is 10.1. The summed E-state index contributed by atoms with van der Waals surface area (Å²) in [6, 6.07) is 8.29. The second-order valence-electron chi connectivity index (χ2n) is 3.96. The second kappa shape index (κ2) is 4.62. The molecule has 0 fully saturated rings. The normalized spacial score (nSPS) is 20.0. The molecule has 0 aliphatic carbocycles. The van der Waals surface area contributed by atoms with Crippen LogP contribution < -0.4 is 5.43 Å². The van der Waals surface area contributed by atoms with Crippen molar-refractivity contribution in [3.05, 3.63) is 35.9 Å². The first-order chi connectivity index (χ1) is 9.59. The van der Waals surface area contributed by atoms with Gasteiger partial charge in [-0.25, -0.2) is 23.4 Å². The smallest absolute Gasteiger partial charge is 0.269 e. The number of hydrogen-bond donors (Lipinski definition) is 1. The molecule has 0 bridgehead atoms. The first kappa shape index (κ1) is 12.6. The van der Waals surface area contributed by atoms with Crippen LogP contribution in [0.2, 0.25) is 0 Å². The summed E-state index contributed by atoms with van der Waals surface area (Å²) < 4.78 is 25.1. The van der Waals surface area contributed by atoms with Gasteiger partial charge in [-0.2, -0.15) is 0 Å². The molecule has 2 aliphatic heterocycles. The fraction of sp³-hybridized carbons (Fsp3) is 0.0909. The molecule has 0 radical (unpaired) electrons. The molecular formula is C11H9N5O3S. The van der Waals surface area contributed by atoms with Gasteiger partial charge in [-0.15, -0.1) is 0 Å². The predicted octanol–water partition coefficient (Wildman–Crippen LogP) is -0.227. The highest BCUT2D eigenvalue weighted by Gasteiger charge is 2.38. The average molecular weight is 291 g/mol. The topological polar surface area (TPSA) is 104 Å². The Morgan fingerprint density at radius 3 is 2.75 bits per heavy atom. The van der Waals surface area contributed by atoms with Crippen LogP contribution in [-0.4, -0.2) is 42.6 Å². The van der Waals surface area contributed by atoms with E-state index in [-0.39, 0.29) is 17.5 Å². The molecule has 102 valence electrons. The Balaban J connectivity index is 1.85. The molecule has 20 heavy (non-hydrogen) atoms. The molecule has 1 aromatic rings. The van der Waals surface area contributed by atoms with E-state index in [1.165, 1.54) is 0 Å². The van der Waals surface area contributed by atoms with Gasteiger partial charge in [0.15, 0.2) is 5.84 Å². The lowest BCUT2D eigenvalue weighted by atomic mass is 10.2. The van der Waals surface area contributed by atoms with Crippen LogP contribution in [0.5, 0.6) is 0 Å². The average Bonchev–Trinajstić information content (AvgIpc) is 2.93. The quantitative estimate of drug-likeness (QED) is 0.814. The third-order valence-electron chi connectivity index (χ3n) is 2.69. The van der Waals surface area contributed by atoms with Gasteiger partial charge in [-0.05, 0) is 12.1 Å². The first-order valence-electron chi connectivity index (χ1n) is 5.63. The van der Waals surface area contributed by atoms with Crippen molar-refractivity contribution in [1.82, 2.24) is 9.84 Å². The third kappa shape index (κ3) is 2.02. The number of rotatable bonds is 2. The Hall–Kier alpha value is -2.39. The summed E-state index contributed by atoms with van der Waals surface area (Å²) in [5, 5.41) is -0.253. The maximum absolute atomic E-state index is 12.2. The summed E-state index contributed by atoms with van der Waals surface area (Å²) in [7, 11) is -3.91. The number of nitrogens with zero attached hydrogens (tertiary/aromatic N) is 4. The molecule has 1 aromatic carbocycles. The molecular weight excluding hydrogens is 282 g/mol. The minimum Gasteiger partial charge on any atom is -0.269 e. The summed E-state index contributed by atoms with van der Waals surface area (Å²) in [6.45, 7) is -0.230. The fourth-order valence-corrected chi connectivity index (χ4v) is 2.86. The van der Waals surface area contributed by atoms with E-state index < -0.39 is 15.9 Å². The number of hydrogen-bond acceptors (Lipinski definition) is 6. The molecule has 0 atom stereocenters. The molecule has 8 nitrogen and oxygen atoms in total. The maximum atomic E-state index is 12.2. The van der Waals surface area contributed by atoms with E-state index in [0.29, 0.717) is 5.56 Å². The van der Waals surface area contributed by atoms with Gasteiger partial charge in [0.2, 0.25) is 5.04 Å². The summed E-state index contributed by atoms with van der Waals surface area (Å²) in [5.74, 6) is -0.470. The Morgan fingerprint density at radius 1 is 1.25 bits per heavy atom. The van der Waals surface area contributed by atoms with Crippen molar-refractivity contribution in [2.24, 2.45) is 15.0 Å². The van der Waals surface area contributed by atoms with Gasteiger partial charge in [0.25, 0.3) is 15.9 Å². The van der Waals surface area contributed by atoms with E-state index >= 15 is 0 Å². The summed E-state index contributed by atoms with van der Waals surface area (Å²) in [5.41, 5.74) is 2.65. The molecule has 0 unspecified atom stereocenters. The van der Waals surface area contributed by atoms with Gasteiger partial charge in [-0.1, -0.05) is 22.6 Å². The molecule has 0 aromatic heterocycles. The highest BCUT2D eigenvalue weighted by Crippen LogP contribution is 2.13. The predicted molar refractivity (Wildman–Crippen MR) is 72.9 cm³/mol. The molecule has 0 spiro atoms. The van der Waals surface area contributed by atoms with Crippen molar-refractivity contribution >= 4 is 33.1 Å². The number of amides is 1. The minimum absolute atomic E-state index is 0.0650. The summed E-state index contributed by atoms with van der Waals surface area (Å²) >= 11 is 0. The second-order valence-corrected chi connectivity index (χ2v) is 5.74. The van der Waals surface area contributed by atoms with E-state index in [4.69, 9.17) is 0 Å². The van der Waals surface area contributed by atoms with Crippen LogP contribution in [0.25, 0.3) is 0 Å². The molecule has 1 N–H and O–H groups in total. The molecule has 0 saturated carbocycles. The number of carbonyl (C=O) groups excluding carboxylic acids is 1. The largest absolute Gasteiger partial charge is 0.283 e. The summed E-state index contributed by atoms with van der Waals surface area (Å²) in [6.07, 6.45) is 1.12.